The molecule has 35 heavy (non-hydrogen) atoms. The number of benzene rings is 1. The van der Waals surface area contributed by atoms with Crippen molar-refractivity contribution in [3.05, 3.63) is 58.6 Å². The molecule has 3 heterocycles. The Morgan fingerprint density at radius 3 is 2.63 bits per heavy atom. The second kappa shape index (κ2) is 10.7. The van der Waals surface area contributed by atoms with Crippen molar-refractivity contribution >= 4 is 17.2 Å². The summed E-state index contributed by atoms with van der Waals surface area (Å²) in [6.45, 7) is 4.79. The molecule has 1 aliphatic rings. The van der Waals surface area contributed by atoms with Crippen molar-refractivity contribution in [1.82, 2.24) is 20.3 Å². The number of nitrogens with one attached hydrogen (secondary N) is 1. The highest BCUT2D eigenvalue weighted by Gasteiger charge is 2.34. The van der Waals surface area contributed by atoms with Gasteiger partial charge in [0.2, 0.25) is 5.82 Å². The van der Waals surface area contributed by atoms with Crippen LogP contribution >= 0.6 is 11.3 Å². The van der Waals surface area contributed by atoms with Gasteiger partial charge >= 0.3 is 6.18 Å². The third-order valence-electron chi connectivity index (χ3n) is 5.55. The van der Waals surface area contributed by atoms with Gasteiger partial charge in [-0.05, 0) is 44.4 Å². The van der Waals surface area contributed by atoms with E-state index >= 15 is 0 Å². The molecule has 1 fully saturated rings. The van der Waals surface area contributed by atoms with Crippen LogP contribution in [0, 0.1) is 0 Å². The van der Waals surface area contributed by atoms with Crippen LogP contribution in [0.15, 0.2) is 36.8 Å². The minimum absolute atomic E-state index is 0.0159. The molecule has 0 radical (unpaired) electrons. The van der Waals surface area contributed by atoms with E-state index in [1.54, 1.807) is 30.4 Å². The molecule has 2 atom stereocenters. The molecule has 1 saturated heterocycles. The first kappa shape index (κ1) is 25.1. The molecule has 0 saturated carbocycles. The predicted octanol–water partition coefficient (Wildman–Crippen LogP) is 5.23. The van der Waals surface area contributed by atoms with Crippen molar-refractivity contribution in [1.29, 1.82) is 0 Å². The number of aromatic nitrogens is 3. The number of rotatable bonds is 8. The Balaban J connectivity index is 1.54. The van der Waals surface area contributed by atoms with Gasteiger partial charge in [0.25, 0.3) is 5.91 Å². The Kier molecular flexibility index (Phi) is 7.66. The Hall–Kier alpha value is -3.05. The zero-order chi connectivity index (χ0) is 25.0. The number of carbonyl (C=O) groups is 1. The lowest BCUT2D eigenvalue weighted by Gasteiger charge is -2.16. The van der Waals surface area contributed by atoms with E-state index in [1.807, 2.05) is 19.2 Å². The third-order valence-corrected chi connectivity index (χ3v) is 6.74. The molecule has 1 unspecified atom stereocenters. The first-order chi connectivity index (χ1) is 16.7. The number of amides is 1. The lowest BCUT2D eigenvalue weighted by atomic mass is 10.1. The van der Waals surface area contributed by atoms with Crippen LogP contribution in [0.25, 0.3) is 10.6 Å². The van der Waals surface area contributed by atoms with Gasteiger partial charge in [0.1, 0.15) is 17.4 Å². The van der Waals surface area contributed by atoms with E-state index in [0.29, 0.717) is 30.1 Å². The van der Waals surface area contributed by atoms with E-state index in [4.69, 9.17) is 9.47 Å². The molecular formula is C24H25F3N4O3S. The number of nitrogens with zero attached hydrogens (tertiary/aromatic N) is 3. The Labute approximate surface area is 204 Å². The van der Waals surface area contributed by atoms with Crippen molar-refractivity contribution in [3.63, 3.8) is 0 Å². The summed E-state index contributed by atoms with van der Waals surface area (Å²) >= 11 is 1.54. The zero-order valence-electron chi connectivity index (χ0n) is 19.3. The fraction of sp³-hybridized carbons (Fsp3) is 0.417. The van der Waals surface area contributed by atoms with Gasteiger partial charge in [-0.15, -0.1) is 11.3 Å². The normalized spacial score (nSPS) is 16.8. The number of ether oxygens (including phenoxy) is 2. The quantitative estimate of drug-likeness (QED) is 0.450. The number of alkyl halides is 3. The van der Waals surface area contributed by atoms with E-state index in [0.717, 1.165) is 47.1 Å². The highest BCUT2D eigenvalue weighted by atomic mass is 32.1. The summed E-state index contributed by atoms with van der Waals surface area (Å²) in [6.07, 6.45) is 2.10. The number of hydrogen-bond acceptors (Lipinski definition) is 7. The summed E-state index contributed by atoms with van der Waals surface area (Å²) in [5.74, 6) is -1.12. The third kappa shape index (κ3) is 6.34. The van der Waals surface area contributed by atoms with Gasteiger partial charge in [-0.2, -0.15) is 13.2 Å². The highest BCUT2D eigenvalue weighted by Crippen LogP contribution is 2.31. The Bertz CT molecular complexity index is 1160. The van der Waals surface area contributed by atoms with Gasteiger partial charge in [0.05, 0.1) is 12.1 Å². The summed E-state index contributed by atoms with van der Waals surface area (Å²) < 4.78 is 49.8. The molecule has 7 nitrogen and oxygen atoms in total. The fourth-order valence-corrected chi connectivity index (χ4v) is 4.42. The summed E-state index contributed by atoms with van der Waals surface area (Å²) in [6, 6.07) is 4.59. The van der Waals surface area contributed by atoms with Gasteiger partial charge in [-0.3, -0.25) is 4.79 Å². The molecule has 1 N–H and O–H groups in total. The maximum atomic E-state index is 13.1. The number of carbonyl (C=O) groups excluding carboxylic acids is 1. The average Bonchev–Trinajstić information content (AvgIpc) is 3.54. The minimum atomic E-state index is -4.63. The van der Waals surface area contributed by atoms with Crippen molar-refractivity contribution in [2.75, 3.05) is 13.2 Å². The van der Waals surface area contributed by atoms with Gasteiger partial charge in [0, 0.05) is 46.8 Å². The Morgan fingerprint density at radius 1 is 1.23 bits per heavy atom. The molecule has 4 rings (SSSR count). The van der Waals surface area contributed by atoms with Crippen LogP contribution in [0.5, 0.6) is 5.75 Å². The van der Waals surface area contributed by atoms with Gasteiger partial charge in [-0.1, -0.05) is 6.92 Å². The monoisotopic (exact) mass is 506 g/mol. The highest BCUT2D eigenvalue weighted by molar-refractivity contribution is 7.15. The van der Waals surface area contributed by atoms with Gasteiger partial charge < -0.3 is 14.8 Å². The lowest BCUT2D eigenvalue weighted by Crippen LogP contribution is -2.27. The summed E-state index contributed by atoms with van der Waals surface area (Å²) in [4.78, 5) is 25.4. The van der Waals surface area contributed by atoms with E-state index < -0.39 is 23.9 Å². The molecule has 1 aliphatic heterocycles. The zero-order valence-corrected chi connectivity index (χ0v) is 20.1. The van der Waals surface area contributed by atoms with Crippen LogP contribution in [0.3, 0.4) is 0 Å². The largest absolute Gasteiger partial charge is 0.491 e. The minimum Gasteiger partial charge on any atom is -0.491 e. The van der Waals surface area contributed by atoms with Crippen LogP contribution < -0.4 is 10.1 Å². The van der Waals surface area contributed by atoms with Gasteiger partial charge in [-0.25, -0.2) is 15.0 Å². The summed E-state index contributed by atoms with van der Waals surface area (Å²) in [7, 11) is 0. The van der Waals surface area contributed by atoms with Crippen molar-refractivity contribution in [2.24, 2.45) is 0 Å². The molecule has 186 valence electrons. The summed E-state index contributed by atoms with van der Waals surface area (Å²) in [5, 5.41) is 3.56. The van der Waals surface area contributed by atoms with E-state index in [9.17, 15) is 18.0 Å². The topological polar surface area (TPSA) is 86.2 Å². The second-order valence-electron chi connectivity index (χ2n) is 8.21. The van der Waals surface area contributed by atoms with E-state index in [-0.39, 0.29) is 6.10 Å². The molecule has 2 aromatic heterocycles. The van der Waals surface area contributed by atoms with Crippen molar-refractivity contribution in [2.45, 2.75) is 51.4 Å². The Morgan fingerprint density at radius 2 is 2.00 bits per heavy atom. The number of hydrogen-bond donors (Lipinski definition) is 1. The van der Waals surface area contributed by atoms with Gasteiger partial charge in [0.15, 0.2) is 0 Å². The van der Waals surface area contributed by atoms with Crippen LogP contribution in [-0.4, -0.2) is 40.2 Å². The standard InChI is InChI=1S/C24H25F3N4O3S/c1-3-20-12-28-22(35-20)16-7-15(8-19(9-16)34-13-18-5-4-6-33-18)21(32)31-14(2)17-10-29-23(30-11-17)24(25,26)27/h7-12,14,18H,3-6,13H2,1-2H3,(H,31,32)/t14?,18-/m0/s1. The van der Waals surface area contributed by atoms with E-state index in [2.05, 4.69) is 20.3 Å². The maximum absolute atomic E-state index is 13.1. The van der Waals surface area contributed by atoms with Crippen LogP contribution in [0.1, 0.15) is 59.4 Å². The predicted molar refractivity (Wildman–Crippen MR) is 124 cm³/mol. The SMILES string of the molecule is CCc1cnc(-c2cc(OC[C@@H]3CCCO3)cc(C(=O)NC(C)c3cnc(C(F)(F)F)nc3)c2)s1. The number of thiazole rings is 1. The lowest BCUT2D eigenvalue weighted by molar-refractivity contribution is -0.145. The fourth-order valence-electron chi connectivity index (χ4n) is 3.58. The molecule has 11 heteroatoms. The van der Waals surface area contributed by atoms with Crippen molar-refractivity contribution in [3.8, 4) is 16.3 Å². The van der Waals surface area contributed by atoms with Crippen LogP contribution in [-0.2, 0) is 17.3 Å². The summed E-state index contributed by atoms with van der Waals surface area (Å²) in [5.41, 5.74) is 1.44. The molecule has 0 bridgehead atoms. The first-order valence-electron chi connectivity index (χ1n) is 11.3. The smallest absolute Gasteiger partial charge is 0.451 e. The first-order valence-corrected chi connectivity index (χ1v) is 12.1. The molecule has 1 amide bonds. The molecule has 3 aromatic rings. The number of halogens is 3. The molecule has 1 aromatic carbocycles. The number of aryl methyl sites for hydroxylation is 1. The molecule has 0 spiro atoms. The van der Waals surface area contributed by atoms with Crippen LogP contribution in [0.4, 0.5) is 13.2 Å². The molecular weight excluding hydrogens is 481 g/mol. The molecule has 0 aliphatic carbocycles. The average molecular weight is 507 g/mol. The second-order valence-corrected chi connectivity index (χ2v) is 9.33. The maximum Gasteiger partial charge on any atom is 0.451 e. The van der Waals surface area contributed by atoms with Crippen molar-refractivity contribution < 1.29 is 27.4 Å². The van der Waals surface area contributed by atoms with Crippen LogP contribution in [0.2, 0.25) is 0 Å². The van der Waals surface area contributed by atoms with E-state index in [1.165, 1.54) is 0 Å².